The predicted octanol–water partition coefficient (Wildman–Crippen LogP) is 2.82. The number of anilines is 1. The number of aromatic nitrogens is 1. The van der Waals surface area contributed by atoms with E-state index in [1.807, 2.05) is 37.3 Å². The molecule has 0 bridgehead atoms. The lowest BCUT2D eigenvalue weighted by molar-refractivity contribution is -0.126. The van der Waals surface area contributed by atoms with Crippen molar-refractivity contribution < 1.29 is 9.59 Å². The maximum atomic E-state index is 12.3. The van der Waals surface area contributed by atoms with E-state index in [9.17, 15) is 9.59 Å². The minimum absolute atomic E-state index is 0.0155. The zero-order valence-electron chi connectivity index (χ0n) is 13.3. The second-order valence-corrected chi connectivity index (χ2v) is 6.77. The summed E-state index contributed by atoms with van der Waals surface area (Å²) >= 11 is 3.46. The van der Waals surface area contributed by atoms with E-state index < -0.39 is 0 Å². The first kappa shape index (κ1) is 16.6. The van der Waals surface area contributed by atoms with Gasteiger partial charge in [0.25, 0.3) is 0 Å². The van der Waals surface area contributed by atoms with Gasteiger partial charge < -0.3 is 10.2 Å². The van der Waals surface area contributed by atoms with Crippen LogP contribution in [0.15, 0.2) is 47.2 Å². The minimum atomic E-state index is -0.321. The molecule has 3 rings (SSSR count). The second-order valence-electron chi connectivity index (χ2n) is 5.92. The molecular formula is C18H18BrN3O2. The first-order valence-electron chi connectivity index (χ1n) is 7.77. The third kappa shape index (κ3) is 3.64. The van der Waals surface area contributed by atoms with Gasteiger partial charge in [0.1, 0.15) is 0 Å². The molecule has 1 aliphatic heterocycles. The standard InChI is InChI=1S/C18H18BrN3O2/c1-12-7-15(4-5-16(12)19)22-11-14(8-17(22)23)18(24)21-10-13-3-2-6-20-9-13/h2-7,9,14H,8,10-11H2,1H3,(H,21,24)/t14-/m0/s1. The Labute approximate surface area is 149 Å². The first-order valence-corrected chi connectivity index (χ1v) is 8.57. The Morgan fingerprint density at radius 1 is 1.42 bits per heavy atom. The molecule has 124 valence electrons. The van der Waals surface area contributed by atoms with Gasteiger partial charge in [0.05, 0.1) is 5.92 Å². The van der Waals surface area contributed by atoms with Crippen LogP contribution in [0.25, 0.3) is 0 Å². The number of nitrogens with one attached hydrogen (secondary N) is 1. The van der Waals surface area contributed by atoms with Crippen molar-refractivity contribution >= 4 is 33.4 Å². The van der Waals surface area contributed by atoms with Gasteiger partial charge in [-0.15, -0.1) is 0 Å². The van der Waals surface area contributed by atoms with Crippen LogP contribution in [-0.4, -0.2) is 23.3 Å². The van der Waals surface area contributed by atoms with E-state index in [0.717, 1.165) is 21.3 Å². The molecule has 2 amide bonds. The number of aryl methyl sites for hydroxylation is 1. The van der Waals surface area contributed by atoms with Crippen molar-refractivity contribution in [3.8, 4) is 0 Å². The molecule has 0 radical (unpaired) electrons. The summed E-state index contributed by atoms with van der Waals surface area (Å²) in [4.78, 5) is 30.3. The quantitative estimate of drug-likeness (QED) is 0.876. The molecule has 0 saturated carbocycles. The molecule has 24 heavy (non-hydrogen) atoms. The molecule has 5 nitrogen and oxygen atoms in total. The molecule has 2 heterocycles. The zero-order valence-corrected chi connectivity index (χ0v) is 14.9. The van der Waals surface area contributed by atoms with Crippen LogP contribution in [0.2, 0.25) is 0 Å². The number of carbonyl (C=O) groups is 2. The monoisotopic (exact) mass is 387 g/mol. The van der Waals surface area contributed by atoms with Gasteiger partial charge in [-0.1, -0.05) is 22.0 Å². The summed E-state index contributed by atoms with van der Waals surface area (Å²) in [6, 6.07) is 9.51. The minimum Gasteiger partial charge on any atom is -0.352 e. The summed E-state index contributed by atoms with van der Waals surface area (Å²) in [6.07, 6.45) is 3.66. The number of amides is 2. The van der Waals surface area contributed by atoms with Crippen LogP contribution in [0.5, 0.6) is 0 Å². The van der Waals surface area contributed by atoms with Crippen molar-refractivity contribution in [2.24, 2.45) is 5.92 Å². The smallest absolute Gasteiger partial charge is 0.227 e. The molecule has 0 unspecified atom stereocenters. The molecule has 6 heteroatoms. The molecular weight excluding hydrogens is 370 g/mol. The Balaban J connectivity index is 1.63. The van der Waals surface area contributed by atoms with Crippen LogP contribution >= 0.6 is 15.9 Å². The molecule has 1 aliphatic rings. The van der Waals surface area contributed by atoms with Gasteiger partial charge in [-0.05, 0) is 42.3 Å². The number of benzene rings is 1. The fraction of sp³-hybridized carbons (Fsp3) is 0.278. The third-order valence-corrected chi connectivity index (χ3v) is 5.03. The van der Waals surface area contributed by atoms with Gasteiger partial charge in [0.15, 0.2) is 0 Å². The zero-order chi connectivity index (χ0) is 17.1. The summed E-state index contributed by atoms with van der Waals surface area (Å²) in [5, 5.41) is 2.89. The van der Waals surface area contributed by atoms with Gasteiger partial charge in [-0.25, -0.2) is 0 Å². The van der Waals surface area contributed by atoms with E-state index in [1.165, 1.54) is 0 Å². The lowest BCUT2D eigenvalue weighted by Crippen LogP contribution is -2.32. The van der Waals surface area contributed by atoms with Crippen molar-refractivity contribution in [2.45, 2.75) is 19.9 Å². The SMILES string of the molecule is Cc1cc(N2C[C@@H](C(=O)NCc3cccnc3)CC2=O)ccc1Br. The highest BCUT2D eigenvalue weighted by Crippen LogP contribution is 2.28. The number of carbonyl (C=O) groups excluding carboxylic acids is 2. The highest BCUT2D eigenvalue weighted by molar-refractivity contribution is 9.10. The van der Waals surface area contributed by atoms with Gasteiger partial charge in [0.2, 0.25) is 11.8 Å². The van der Waals surface area contributed by atoms with Crippen molar-refractivity contribution in [3.63, 3.8) is 0 Å². The van der Waals surface area contributed by atoms with E-state index in [2.05, 4.69) is 26.2 Å². The van der Waals surface area contributed by atoms with Crippen LogP contribution in [0.1, 0.15) is 17.5 Å². The van der Waals surface area contributed by atoms with E-state index in [-0.39, 0.29) is 24.2 Å². The molecule has 1 N–H and O–H groups in total. The Morgan fingerprint density at radius 3 is 2.96 bits per heavy atom. The average molecular weight is 388 g/mol. The number of pyridine rings is 1. The van der Waals surface area contributed by atoms with E-state index >= 15 is 0 Å². The predicted molar refractivity (Wildman–Crippen MR) is 95.4 cm³/mol. The van der Waals surface area contributed by atoms with Crippen molar-refractivity contribution in [3.05, 3.63) is 58.3 Å². The van der Waals surface area contributed by atoms with Crippen LogP contribution in [0.4, 0.5) is 5.69 Å². The Kier molecular flexibility index (Phi) is 4.94. The third-order valence-electron chi connectivity index (χ3n) is 4.14. The maximum Gasteiger partial charge on any atom is 0.227 e. The van der Waals surface area contributed by atoms with Crippen LogP contribution in [-0.2, 0) is 16.1 Å². The van der Waals surface area contributed by atoms with E-state index in [1.54, 1.807) is 17.3 Å². The normalized spacial score (nSPS) is 17.2. The van der Waals surface area contributed by atoms with Gasteiger partial charge in [-0.3, -0.25) is 14.6 Å². The molecule has 1 fully saturated rings. The molecule has 1 saturated heterocycles. The van der Waals surface area contributed by atoms with E-state index in [4.69, 9.17) is 0 Å². The molecule has 2 aromatic rings. The van der Waals surface area contributed by atoms with Crippen molar-refractivity contribution in [2.75, 3.05) is 11.4 Å². The second kappa shape index (κ2) is 7.13. The Hall–Kier alpha value is -2.21. The molecule has 0 aliphatic carbocycles. The highest BCUT2D eigenvalue weighted by Gasteiger charge is 2.35. The van der Waals surface area contributed by atoms with Crippen LogP contribution in [0.3, 0.4) is 0 Å². The Bertz CT molecular complexity index is 764. The number of nitrogens with zero attached hydrogens (tertiary/aromatic N) is 2. The maximum absolute atomic E-state index is 12.3. The molecule has 1 aromatic carbocycles. The summed E-state index contributed by atoms with van der Waals surface area (Å²) in [7, 11) is 0. The summed E-state index contributed by atoms with van der Waals surface area (Å²) in [6.45, 7) is 2.82. The van der Waals surface area contributed by atoms with E-state index in [0.29, 0.717) is 13.1 Å². The van der Waals surface area contributed by atoms with Crippen LogP contribution < -0.4 is 10.2 Å². The largest absolute Gasteiger partial charge is 0.352 e. The Morgan fingerprint density at radius 2 is 2.25 bits per heavy atom. The number of hydrogen-bond acceptors (Lipinski definition) is 3. The fourth-order valence-corrected chi connectivity index (χ4v) is 3.01. The highest BCUT2D eigenvalue weighted by atomic mass is 79.9. The first-order chi connectivity index (χ1) is 11.5. The van der Waals surface area contributed by atoms with Gasteiger partial charge in [-0.2, -0.15) is 0 Å². The molecule has 1 aromatic heterocycles. The lowest BCUT2D eigenvalue weighted by atomic mass is 10.1. The topological polar surface area (TPSA) is 62.3 Å². The molecule has 0 spiro atoms. The fourth-order valence-electron chi connectivity index (χ4n) is 2.77. The average Bonchev–Trinajstić information content (AvgIpc) is 2.98. The summed E-state index contributed by atoms with van der Waals surface area (Å²) in [5.74, 6) is -0.431. The lowest BCUT2D eigenvalue weighted by Gasteiger charge is -2.17. The van der Waals surface area contributed by atoms with Gasteiger partial charge >= 0.3 is 0 Å². The molecule has 1 atom stereocenters. The van der Waals surface area contributed by atoms with Crippen molar-refractivity contribution in [1.82, 2.24) is 10.3 Å². The summed E-state index contributed by atoms with van der Waals surface area (Å²) < 4.78 is 1.00. The number of hydrogen-bond donors (Lipinski definition) is 1. The van der Waals surface area contributed by atoms with Gasteiger partial charge in [0, 0.05) is 42.1 Å². The number of rotatable bonds is 4. The van der Waals surface area contributed by atoms with Crippen molar-refractivity contribution in [1.29, 1.82) is 0 Å². The van der Waals surface area contributed by atoms with Crippen LogP contribution in [0, 0.1) is 12.8 Å². The summed E-state index contributed by atoms with van der Waals surface area (Å²) in [5.41, 5.74) is 2.84. The number of halogens is 1.